The fraction of sp³-hybridized carbons (Fsp3) is 0.800. The van der Waals surface area contributed by atoms with Crippen molar-refractivity contribution in [2.45, 2.75) is 63.6 Å². The predicted octanol–water partition coefficient (Wildman–Crippen LogP) is 3.61. The number of hydrogen-bond donors (Lipinski definition) is 1. The quantitative estimate of drug-likeness (QED) is 0.900. The highest BCUT2D eigenvalue weighted by Crippen LogP contribution is 2.44. The van der Waals surface area contributed by atoms with Crippen molar-refractivity contribution in [3.8, 4) is 0 Å². The first-order valence-electron chi connectivity index (χ1n) is 7.43. The molecule has 2 heterocycles. The second-order valence-electron chi connectivity index (χ2n) is 6.07. The first-order valence-corrected chi connectivity index (χ1v) is 8.25. The Morgan fingerprint density at radius 1 is 1.42 bits per heavy atom. The van der Waals surface area contributed by atoms with E-state index in [0.717, 1.165) is 29.3 Å². The summed E-state index contributed by atoms with van der Waals surface area (Å²) in [6.07, 6.45) is 9.74. The number of aliphatic hydroxyl groups excluding tert-OH is 1. The Hall–Kier alpha value is -0.450. The molecule has 19 heavy (non-hydrogen) atoms. The van der Waals surface area contributed by atoms with Crippen LogP contribution in [0.25, 0.3) is 0 Å². The topological polar surface area (TPSA) is 42.4 Å². The zero-order valence-corrected chi connectivity index (χ0v) is 12.4. The summed E-state index contributed by atoms with van der Waals surface area (Å²) < 4.78 is 6.10. The minimum atomic E-state index is -0.353. The summed E-state index contributed by atoms with van der Waals surface area (Å²) in [6.45, 7) is 2.80. The molecule has 0 aromatic carbocycles. The van der Waals surface area contributed by atoms with Crippen LogP contribution in [0.5, 0.6) is 0 Å². The molecule has 2 unspecified atom stereocenters. The van der Waals surface area contributed by atoms with Gasteiger partial charge in [-0.15, -0.1) is 11.3 Å². The summed E-state index contributed by atoms with van der Waals surface area (Å²) in [5.41, 5.74) is 0.0713. The first kappa shape index (κ1) is 13.5. The van der Waals surface area contributed by atoms with Crippen molar-refractivity contribution in [1.29, 1.82) is 0 Å². The lowest BCUT2D eigenvalue weighted by molar-refractivity contribution is -0.133. The molecule has 1 aromatic heterocycles. The molecule has 1 aromatic rings. The van der Waals surface area contributed by atoms with Crippen LogP contribution in [0.3, 0.4) is 0 Å². The average Bonchev–Trinajstić information content (AvgIpc) is 2.85. The molecule has 3 rings (SSSR count). The number of ether oxygens (including phenoxy) is 1. The number of aromatic nitrogens is 1. The molecule has 1 spiro atoms. The van der Waals surface area contributed by atoms with Gasteiger partial charge >= 0.3 is 0 Å². The Kier molecular flexibility index (Phi) is 3.92. The first-order chi connectivity index (χ1) is 9.19. The molecule has 2 atom stereocenters. The molecule has 1 aliphatic carbocycles. The Morgan fingerprint density at radius 3 is 2.89 bits per heavy atom. The van der Waals surface area contributed by atoms with Crippen molar-refractivity contribution in [3.63, 3.8) is 0 Å². The van der Waals surface area contributed by atoms with Gasteiger partial charge in [0.25, 0.3) is 0 Å². The number of hydrogen-bond acceptors (Lipinski definition) is 4. The number of aliphatic hydroxyl groups is 1. The highest BCUT2D eigenvalue weighted by molar-refractivity contribution is 7.11. The maximum absolute atomic E-state index is 10.6. The molecule has 0 bridgehead atoms. The van der Waals surface area contributed by atoms with Crippen molar-refractivity contribution >= 4 is 11.3 Å². The fourth-order valence-corrected chi connectivity index (χ4v) is 4.49. The van der Waals surface area contributed by atoms with Crippen molar-refractivity contribution in [3.05, 3.63) is 16.1 Å². The van der Waals surface area contributed by atoms with E-state index in [9.17, 15) is 5.11 Å². The van der Waals surface area contributed by atoms with Gasteiger partial charge in [0.05, 0.1) is 21.6 Å². The lowest BCUT2D eigenvalue weighted by Crippen LogP contribution is -2.42. The van der Waals surface area contributed by atoms with Gasteiger partial charge in [-0.05, 0) is 38.5 Å². The summed E-state index contributed by atoms with van der Waals surface area (Å²) in [5, 5.41) is 11.6. The second-order valence-corrected chi connectivity index (χ2v) is 7.34. The molecule has 1 saturated heterocycles. The smallest absolute Gasteiger partial charge is 0.0928 e. The van der Waals surface area contributed by atoms with Crippen LogP contribution in [0.4, 0.5) is 0 Å². The molecule has 3 nitrogen and oxygen atoms in total. The normalized spacial score (nSPS) is 28.4. The Labute approximate surface area is 119 Å². The maximum atomic E-state index is 10.6. The van der Waals surface area contributed by atoms with Gasteiger partial charge in [0.2, 0.25) is 0 Å². The van der Waals surface area contributed by atoms with E-state index in [4.69, 9.17) is 4.74 Å². The van der Waals surface area contributed by atoms with E-state index in [2.05, 4.69) is 4.98 Å². The van der Waals surface area contributed by atoms with Crippen LogP contribution in [0, 0.1) is 12.8 Å². The van der Waals surface area contributed by atoms with Crippen molar-refractivity contribution < 1.29 is 9.84 Å². The number of nitrogens with zero attached hydrogens (tertiary/aromatic N) is 1. The third-order valence-corrected chi connectivity index (χ3v) is 5.66. The zero-order chi connectivity index (χ0) is 13.3. The van der Waals surface area contributed by atoms with Gasteiger partial charge in [-0.25, -0.2) is 4.98 Å². The third-order valence-electron chi connectivity index (χ3n) is 4.67. The van der Waals surface area contributed by atoms with Crippen LogP contribution in [-0.2, 0) is 4.74 Å². The highest BCUT2D eigenvalue weighted by atomic mass is 32.1. The van der Waals surface area contributed by atoms with Crippen molar-refractivity contribution in [2.24, 2.45) is 5.92 Å². The van der Waals surface area contributed by atoms with Gasteiger partial charge in [-0.2, -0.15) is 0 Å². The Bertz CT molecular complexity index is 420. The van der Waals surface area contributed by atoms with Gasteiger partial charge in [0, 0.05) is 12.8 Å². The second kappa shape index (κ2) is 5.51. The molecule has 2 fully saturated rings. The predicted molar refractivity (Wildman–Crippen MR) is 76.3 cm³/mol. The summed E-state index contributed by atoms with van der Waals surface area (Å²) in [7, 11) is 0. The van der Waals surface area contributed by atoms with E-state index >= 15 is 0 Å². The molecular formula is C15H23NO2S. The van der Waals surface area contributed by atoms with E-state index in [1.165, 1.54) is 32.1 Å². The van der Waals surface area contributed by atoms with E-state index in [0.29, 0.717) is 5.92 Å². The molecule has 4 heteroatoms. The maximum Gasteiger partial charge on any atom is 0.0928 e. The van der Waals surface area contributed by atoms with Crippen LogP contribution in [0.1, 0.15) is 60.9 Å². The van der Waals surface area contributed by atoms with Gasteiger partial charge in [0.15, 0.2) is 0 Å². The lowest BCUT2D eigenvalue weighted by atomic mass is 9.74. The summed E-state index contributed by atoms with van der Waals surface area (Å²) >= 11 is 1.62. The summed E-state index contributed by atoms with van der Waals surface area (Å²) in [6, 6.07) is 0. The average molecular weight is 281 g/mol. The van der Waals surface area contributed by atoms with E-state index in [1.54, 1.807) is 11.3 Å². The number of thiazole rings is 1. The van der Waals surface area contributed by atoms with E-state index in [-0.39, 0.29) is 11.7 Å². The van der Waals surface area contributed by atoms with Gasteiger partial charge in [0.1, 0.15) is 0 Å². The third kappa shape index (κ3) is 2.86. The monoisotopic (exact) mass is 281 g/mol. The van der Waals surface area contributed by atoms with Crippen LogP contribution in [-0.4, -0.2) is 22.3 Å². The van der Waals surface area contributed by atoms with E-state index in [1.807, 2.05) is 13.1 Å². The van der Waals surface area contributed by atoms with Gasteiger partial charge < -0.3 is 9.84 Å². The Balaban J connectivity index is 1.70. The fourth-order valence-electron chi connectivity index (χ4n) is 3.63. The summed E-state index contributed by atoms with van der Waals surface area (Å²) in [5.74, 6) is 0.340. The Morgan fingerprint density at radius 2 is 2.21 bits per heavy atom. The van der Waals surface area contributed by atoms with Crippen LogP contribution < -0.4 is 0 Å². The van der Waals surface area contributed by atoms with Gasteiger partial charge in [-0.3, -0.25) is 0 Å². The number of aryl methyl sites for hydroxylation is 1. The zero-order valence-electron chi connectivity index (χ0n) is 11.6. The lowest BCUT2D eigenvalue weighted by Gasteiger charge is -2.44. The minimum absolute atomic E-state index is 0.0713. The molecular weight excluding hydrogens is 258 g/mol. The summed E-state index contributed by atoms with van der Waals surface area (Å²) in [4.78, 5) is 5.29. The molecule has 1 aliphatic heterocycles. The molecule has 1 saturated carbocycles. The van der Waals surface area contributed by atoms with Crippen molar-refractivity contribution in [1.82, 2.24) is 4.98 Å². The van der Waals surface area contributed by atoms with E-state index < -0.39 is 0 Å². The van der Waals surface area contributed by atoms with Gasteiger partial charge in [-0.1, -0.05) is 19.3 Å². The highest BCUT2D eigenvalue weighted by Gasteiger charge is 2.41. The molecule has 2 aliphatic rings. The molecule has 1 N–H and O–H groups in total. The van der Waals surface area contributed by atoms with Crippen molar-refractivity contribution in [2.75, 3.05) is 6.61 Å². The minimum Gasteiger partial charge on any atom is -0.387 e. The number of rotatable bonds is 2. The van der Waals surface area contributed by atoms with Crippen LogP contribution in [0.15, 0.2) is 6.20 Å². The molecule has 0 radical (unpaired) electrons. The molecule has 106 valence electrons. The standard InChI is InChI=1S/C15H23NO2S/c1-11-16-10-13(19-11)14(17)12-5-8-18-15(9-12)6-3-2-4-7-15/h10,12,14,17H,2-9H2,1H3. The molecule has 0 amide bonds. The van der Waals surface area contributed by atoms with Crippen LogP contribution >= 0.6 is 11.3 Å². The SMILES string of the molecule is Cc1ncc(C(O)C2CCOC3(CCCCC3)C2)s1. The largest absolute Gasteiger partial charge is 0.387 e. The van der Waals surface area contributed by atoms with Crippen LogP contribution in [0.2, 0.25) is 0 Å².